The fraction of sp³-hybridized carbons (Fsp3) is 0.350. The second-order valence-corrected chi connectivity index (χ2v) is 7.20. The summed E-state index contributed by atoms with van der Waals surface area (Å²) in [5.74, 6) is 0.217. The van der Waals surface area contributed by atoms with Crippen LogP contribution >= 0.6 is 11.6 Å². The van der Waals surface area contributed by atoms with Gasteiger partial charge in [-0.05, 0) is 47.8 Å². The first-order valence-corrected chi connectivity index (χ1v) is 9.01. The Hall–Kier alpha value is -2.04. The molecule has 0 radical (unpaired) electrons. The molecule has 2 heterocycles. The molecule has 4 rings (SSSR count). The van der Waals surface area contributed by atoms with E-state index in [-0.39, 0.29) is 23.7 Å². The summed E-state index contributed by atoms with van der Waals surface area (Å²) in [6.45, 7) is 0.618. The Balaban J connectivity index is 1.58. The van der Waals surface area contributed by atoms with Gasteiger partial charge in [-0.2, -0.15) is 0 Å². The van der Waals surface area contributed by atoms with Gasteiger partial charge in [0.05, 0.1) is 11.8 Å². The summed E-state index contributed by atoms with van der Waals surface area (Å²) < 4.78 is 0. The lowest BCUT2D eigenvalue weighted by Crippen LogP contribution is -2.52. The smallest absolute Gasteiger partial charge is 0.182 e. The van der Waals surface area contributed by atoms with Crippen LogP contribution in [-0.4, -0.2) is 35.9 Å². The molecular weight excluding hydrogens is 336 g/mol. The number of aliphatic imine (C=N–C) groups is 1. The summed E-state index contributed by atoms with van der Waals surface area (Å²) in [4.78, 5) is 29.0. The second kappa shape index (κ2) is 6.70. The third-order valence-electron chi connectivity index (χ3n) is 5.00. The number of hydrogen-bond acceptors (Lipinski definition) is 4. The van der Waals surface area contributed by atoms with Gasteiger partial charge in [-0.1, -0.05) is 29.8 Å². The average molecular weight is 355 g/mol. The minimum atomic E-state index is -0.129. The normalized spacial score (nSPS) is 25.3. The Labute approximate surface area is 151 Å². The lowest BCUT2D eigenvalue weighted by atomic mass is 9.81. The van der Waals surface area contributed by atoms with E-state index in [1.165, 1.54) is 0 Å². The molecule has 5 heteroatoms. The van der Waals surface area contributed by atoms with Crippen LogP contribution in [0.4, 0.5) is 0 Å². The molecule has 25 heavy (non-hydrogen) atoms. The first kappa shape index (κ1) is 16.4. The molecule has 3 aliphatic rings. The predicted octanol–water partition coefficient (Wildman–Crippen LogP) is 2.85. The molecule has 4 nitrogen and oxygen atoms in total. The molecule has 2 atom stereocenters. The summed E-state index contributed by atoms with van der Waals surface area (Å²) in [7, 11) is 0. The minimum absolute atomic E-state index is 0.0321. The molecule has 0 fully saturated rings. The van der Waals surface area contributed by atoms with Crippen molar-refractivity contribution in [2.75, 3.05) is 6.54 Å². The van der Waals surface area contributed by atoms with Crippen molar-refractivity contribution in [2.45, 2.75) is 37.8 Å². The summed E-state index contributed by atoms with van der Waals surface area (Å²) in [5, 5.41) is 4.17. The summed E-state index contributed by atoms with van der Waals surface area (Å²) >= 11 is 6.02. The summed E-state index contributed by atoms with van der Waals surface area (Å²) in [6.07, 6.45) is 6.30. The van der Waals surface area contributed by atoms with Crippen LogP contribution in [0.2, 0.25) is 5.02 Å². The van der Waals surface area contributed by atoms with E-state index >= 15 is 0 Å². The van der Waals surface area contributed by atoms with Crippen molar-refractivity contribution in [1.29, 1.82) is 0 Å². The Morgan fingerprint density at radius 2 is 2.16 bits per heavy atom. The molecule has 0 amide bonds. The zero-order valence-electron chi connectivity index (χ0n) is 13.8. The topological polar surface area (TPSA) is 58.5 Å². The van der Waals surface area contributed by atoms with Crippen LogP contribution in [0.15, 0.2) is 52.6 Å². The van der Waals surface area contributed by atoms with Crippen molar-refractivity contribution in [3.63, 3.8) is 0 Å². The SMILES string of the molecule is O=C1C=C2C=C3CCN=C(C(=O)Cc4cccc(Cl)c4)C3NC2CC1. The maximum Gasteiger partial charge on any atom is 0.182 e. The van der Waals surface area contributed by atoms with Crippen LogP contribution in [0.25, 0.3) is 0 Å². The molecule has 1 aromatic rings. The summed E-state index contributed by atoms with van der Waals surface area (Å²) in [6, 6.07) is 7.39. The van der Waals surface area contributed by atoms with Gasteiger partial charge in [0.15, 0.2) is 11.6 Å². The van der Waals surface area contributed by atoms with Crippen molar-refractivity contribution >= 4 is 28.9 Å². The molecule has 2 unspecified atom stereocenters. The molecular formula is C20H19ClN2O2. The van der Waals surface area contributed by atoms with Crippen LogP contribution in [0.3, 0.4) is 0 Å². The molecule has 0 saturated heterocycles. The standard InChI is InChI=1S/C20H19ClN2O2/c21-15-3-1-2-12(8-15)9-18(25)20-19-13(6-7-22-20)10-14-11-16(24)4-5-17(14)23-19/h1-3,8,10-11,17,19,23H,4-7,9H2. The number of rotatable bonds is 3. The largest absolute Gasteiger partial charge is 0.298 e. The Morgan fingerprint density at radius 1 is 1.28 bits per heavy atom. The number of fused-ring (bicyclic) bond motifs is 2. The van der Waals surface area contributed by atoms with E-state index in [1.54, 1.807) is 12.1 Å². The van der Waals surface area contributed by atoms with Gasteiger partial charge in [-0.25, -0.2) is 0 Å². The number of ketones is 2. The zero-order valence-corrected chi connectivity index (χ0v) is 14.6. The molecule has 1 N–H and O–H groups in total. The number of benzene rings is 1. The second-order valence-electron chi connectivity index (χ2n) is 6.77. The number of carbonyl (C=O) groups excluding carboxylic acids is 2. The fourth-order valence-electron chi connectivity index (χ4n) is 3.78. The van der Waals surface area contributed by atoms with E-state index in [9.17, 15) is 9.59 Å². The van der Waals surface area contributed by atoms with E-state index in [2.05, 4.69) is 16.4 Å². The van der Waals surface area contributed by atoms with Crippen molar-refractivity contribution in [3.8, 4) is 0 Å². The first-order valence-electron chi connectivity index (χ1n) is 8.63. The molecule has 128 valence electrons. The van der Waals surface area contributed by atoms with Gasteiger partial charge in [0.25, 0.3) is 0 Å². The van der Waals surface area contributed by atoms with Crippen molar-refractivity contribution in [1.82, 2.24) is 5.32 Å². The van der Waals surface area contributed by atoms with Crippen molar-refractivity contribution in [2.24, 2.45) is 4.99 Å². The number of nitrogens with zero attached hydrogens (tertiary/aromatic N) is 1. The zero-order chi connectivity index (χ0) is 17.4. The van der Waals surface area contributed by atoms with Crippen LogP contribution in [0.5, 0.6) is 0 Å². The molecule has 0 aromatic heterocycles. The summed E-state index contributed by atoms with van der Waals surface area (Å²) in [5.41, 5.74) is 3.71. The lowest BCUT2D eigenvalue weighted by molar-refractivity contribution is -0.115. The Bertz CT molecular complexity index is 838. The van der Waals surface area contributed by atoms with E-state index in [0.717, 1.165) is 29.6 Å². The highest BCUT2D eigenvalue weighted by Gasteiger charge is 2.35. The van der Waals surface area contributed by atoms with Gasteiger partial charge in [-0.15, -0.1) is 0 Å². The van der Waals surface area contributed by atoms with Gasteiger partial charge >= 0.3 is 0 Å². The van der Waals surface area contributed by atoms with Gasteiger partial charge in [0.1, 0.15) is 0 Å². The van der Waals surface area contributed by atoms with Gasteiger partial charge in [-0.3, -0.25) is 19.9 Å². The van der Waals surface area contributed by atoms with Crippen LogP contribution in [0.1, 0.15) is 24.8 Å². The van der Waals surface area contributed by atoms with Crippen LogP contribution in [-0.2, 0) is 16.0 Å². The number of carbonyl (C=O) groups is 2. The number of Topliss-reactive ketones (excluding diaryl/α,β-unsaturated/α-hetero) is 1. The predicted molar refractivity (Wildman–Crippen MR) is 98.2 cm³/mol. The fourth-order valence-corrected chi connectivity index (χ4v) is 3.99. The number of hydrogen-bond donors (Lipinski definition) is 1. The highest BCUT2D eigenvalue weighted by Crippen LogP contribution is 2.29. The first-order chi connectivity index (χ1) is 12.1. The number of nitrogens with one attached hydrogen (secondary N) is 1. The quantitative estimate of drug-likeness (QED) is 0.908. The lowest BCUT2D eigenvalue weighted by Gasteiger charge is -2.37. The minimum Gasteiger partial charge on any atom is -0.298 e. The van der Waals surface area contributed by atoms with Crippen molar-refractivity contribution < 1.29 is 9.59 Å². The number of allylic oxidation sites excluding steroid dienone is 1. The average Bonchev–Trinajstić information content (AvgIpc) is 2.59. The van der Waals surface area contributed by atoms with E-state index < -0.39 is 0 Å². The monoisotopic (exact) mass is 354 g/mol. The number of halogens is 1. The van der Waals surface area contributed by atoms with Crippen LogP contribution < -0.4 is 5.32 Å². The highest BCUT2D eigenvalue weighted by molar-refractivity contribution is 6.43. The van der Waals surface area contributed by atoms with Gasteiger partial charge in [0.2, 0.25) is 0 Å². The van der Waals surface area contributed by atoms with Crippen molar-refractivity contribution in [3.05, 3.63) is 58.1 Å². The third kappa shape index (κ3) is 3.37. The van der Waals surface area contributed by atoms with E-state index in [0.29, 0.717) is 30.1 Å². The van der Waals surface area contributed by atoms with E-state index in [1.807, 2.05) is 18.2 Å². The maximum absolute atomic E-state index is 12.8. The Kier molecular flexibility index (Phi) is 4.40. The highest BCUT2D eigenvalue weighted by atomic mass is 35.5. The molecule has 0 spiro atoms. The molecule has 1 aromatic carbocycles. The van der Waals surface area contributed by atoms with Crippen LogP contribution in [0, 0.1) is 0 Å². The van der Waals surface area contributed by atoms with Gasteiger partial charge in [0, 0.05) is 30.5 Å². The third-order valence-corrected chi connectivity index (χ3v) is 5.23. The molecule has 0 bridgehead atoms. The van der Waals surface area contributed by atoms with Gasteiger partial charge < -0.3 is 0 Å². The van der Waals surface area contributed by atoms with E-state index in [4.69, 9.17) is 11.6 Å². The maximum atomic E-state index is 12.8. The molecule has 0 saturated carbocycles. The molecule has 1 aliphatic carbocycles. The molecule has 2 aliphatic heterocycles. The Morgan fingerprint density at radius 3 is 3.00 bits per heavy atom.